The maximum atomic E-state index is 13.8. The summed E-state index contributed by atoms with van der Waals surface area (Å²) >= 11 is 0. The smallest absolute Gasteiger partial charge is 0.407 e. The molecule has 2 amide bonds. The lowest BCUT2D eigenvalue weighted by Gasteiger charge is -2.19. The summed E-state index contributed by atoms with van der Waals surface area (Å²) in [6, 6.07) is 3.17. The van der Waals surface area contributed by atoms with Gasteiger partial charge in [-0.3, -0.25) is 4.79 Å². The molecule has 0 aliphatic rings. The molecule has 0 aliphatic heterocycles. The largest absolute Gasteiger partial charge is 0.444 e. The molecule has 0 saturated heterocycles. The molecule has 0 fully saturated rings. The number of nitrogens with zero attached hydrogens (tertiary/aromatic N) is 1. The summed E-state index contributed by atoms with van der Waals surface area (Å²) in [6.45, 7) is 6.10. The van der Waals surface area contributed by atoms with Gasteiger partial charge < -0.3 is 19.8 Å². The molecule has 0 radical (unpaired) electrons. The van der Waals surface area contributed by atoms with Crippen molar-refractivity contribution >= 4 is 12.0 Å². The molecule has 1 heterocycles. The number of benzene rings is 1. The summed E-state index contributed by atoms with van der Waals surface area (Å²) in [5.41, 5.74) is -0.451. The van der Waals surface area contributed by atoms with Crippen molar-refractivity contribution in [2.45, 2.75) is 45.6 Å². The molecule has 7 nitrogen and oxygen atoms in total. The Hall–Kier alpha value is -2.97. The Morgan fingerprint density at radius 1 is 1.17 bits per heavy atom. The first-order valence-electron chi connectivity index (χ1n) is 9.28. The molecule has 2 aromatic rings. The standard InChI is InChI=1S/C20H25F2N3O4/c1-20(2,3)29-19(27)24-10-4-9-23-17(26)7-8-18-25-12-16(28-18)14-6-5-13(21)11-15(14)22/h5-6,11-12H,4,7-10H2,1-3H3,(H,23,26)(H,24,27). The van der Waals surface area contributed by atoms with Crippen LogP contribution in [-0.2, 0) is 16.0 Å². The van der Waals surface area contributed by atoms with E-state index in [1.165, 1.54) is 12.3 Å². The van der Waals surface area contributed by atoms with E-state index in [0.717, 1.165) is 12.1 Å². The van der Waals surface area contributed by atoms with Crippen molar-refractivity contribution in [3.05, 3.63) is 41.9 Å². The molecule has 0 atom stereocenters. The number of ether oxygens (including phenoxy) is 1. The number of carbonyl (C=O) groups is 2. The van der Waals surface area contributed by atoms with Gasteiger partial charge in [-0.15, -0.1) is 0 Å². The van der Waals surface area contributed by atoms with E-state index in [1.54, 1.807) is 20.8 Å². The van der Waals surface area contributed by atoms with Crippen LogP contribution in [0, 0.1) is 11.6 Å². The zero-order chi connectivity index (χ0) is 21.4. The summed E-state index contributed by atoms with van der Waals surface area (Å²) in [6.07, 6.45) is 1.78. The SMILES string of the molecule is CC(C)(C)OC(=O)NCCCNC(=O)CCc1ncc(-c2ccc(F)cc2F)o1. The summed E-state index contributed by atoms with van der Waals surface area (Å²) < 4.78 is 37.3. The van der Waals surface area contributed by atoms with Crippen molar-refractivity contribution in [3.8, 4) is 11.3 Å². The third-order valence-electron chi connectivity index (χ3n) is 3.66. The van der Waals surface area contributed by atoms with Gasteiger partial charge in [-0.05, 0) is 39.3 Å². The lowest BCUT2D eigenvalue weighted by Crippen LogP contribution is -2.34. The number of carbonyl (C=O) groups excluding carboxylic acids is 2. The van der Waals surface area contributed by atoms with Crippen LogP contribution in [-0.4, -0.2) is 35.7 Å². The van der Waals surface area contributed by atoms with E-state index in [9.17, 15) is 18.4 Å². The predicted octanol–water partition coefficient (Wildman–Crippen LogP) is 3.58. The lowest BCUT2D eigenvalue weighted by molar-refractivity contribution is -0.121. The third kappa shape index (κ3) is 7.89. The highest BCUT2D eigenvalue weighted by molar-refractivity contribution is 5.76. The molecule has 0 aliphatic carbocycles. The van der Waals surface area contributed by atoms with E-state index < -0.39 is 23.3 Å². The van der Waals surface area contributed by atoms with E-state index in [1.807, 2.05) is 0 Å². The van der Waals surface area contributed by atoms with Crippen molar-refractivity contribution in [2.24, 2.45) is 0 Å². The molecule has 158 valence electrons. The van der Waals surface area contributed by atoms with Gasteiger partial charge in [-0.25, -0.2) is 18.6 Å². The van der Waals surface area contributed by atoms with Gasteiger partial charge in [0.05, 0.1) is 11.8 Å². The van der Waals surface area contributed by atoms with Crippen LogP contribution < -0.4 is 10.6 Å². The molecule has 0 bridgehead atoms. The lowest BCUT2D eigenvalue weighted by atomic mass is 10.2. The van der Waals surface area contributed by atoms with Gasteiger partial charge in [-0.1, -0.05) is 0 Å². The first-order valence-corrected chi connectivity index (χ1v) is 9.28. The number of hydrogen-bond donors (Lipinski definition) is 2. The second-order valence-corrected chi connectivity index (χ2v) is 7.37. The van der Waals surface area contributed by atoms with Gasteiger partial charge in [-0.2, -0.15) is 0 Å². The highest BCUT2D eigenvalue weighted by atomic mass is 19.1. The number of hydrogen-bond acceptors (Lipinski definition) is 5. The monoisotopic (exact) mass is 409 g/mol. The molecule has 0 saturated carbocycles. The summed E-state index contributed by atoms with van der Waals surface area (Å²) in [4.78, 5) is 27.4. The number of halogens is 2. The zero-order valence-corrected chi connectivity index (χ0v) is 16.7. The van der Waals surface area contributed by atoms with Crippen LogP contribution in [0.5, 0.6) is 0 Å². The Kier molecular flexibility index (Phi) is 7.69. The van der Waals surface area contributed by atoms with Gasteiger partial charge >= 0.3 is 6.09 Å². The molecular weight excluding hydrogens is 384 g/mol. The number of aromatic nitrogens is 1. The van der Waals surface area contributed by atoms with Gasteiger partial charge in [0.2, 0.25) is 5.91 Å². The molecule has 1 aromatic heterocycles. The van der Waals surface area contributed by atoms with E-state index in [0.29, 0.717) is 19.5 Å². The van der Waals surface area contributed by atoms with E-state index in [2.05, 4.69) is 15.6 Å². The predicted molar refractivity (Wildman–Crippen MR) is 102 cm³/mol. The fourth-order valence-electron chi connectivity index (χ4n) is 2.37. The number of alkyl carbamates (subject to hydrolysis) is 1. The minimum Gasteiger partial charge on any atom is -0.444 e. The number of rotatable bonds is 8. The third-order valence-corrected chi connectivity index (χ3v) is 3.66. The maximum absolute atomic E-state index is 13.8. The number of oxazole rings is 1. The Labute approximate surface area is 167 Å². The number of amides is 2. The number of aryl methyl sites for hydroxylation is 1. The van der Waals surface area contributed by atoms with Crippen molar-refractivity contribution < 1.29 is 27.5 Å². The minimum atomic E-state index is -0.745. The van der Waals surface area contributed by atoms with Crippen molar-refractivity contribution in [1.29, 1.82) is 0 Å². The maximum Gasteiger partial charge on any atom is 0.407 e. The van der Waals surface area contributed by atoms with Crippen molar-refractivity contribution in [3.63, 3.8) is 0 Å². The Bertz CT molecular complexity index is 846. The van der Waals surface area contributed by atoms with Gasteiger partial charge in [0.25, 0.3) is 0 Å². The van der Waals surface area contributed by atoms with Crippen LogP contribution in [0.2, 0.25) is 0 Å². The molecule has 9 heteroatoms. The Morgan fingerprint density at radius 2 is 1.90 bits per heavy atom. The van der Waals surface area contributed by atoms with Crippen LogP contribution in [0.3, 0.4) is 0 Å². The topological polar surface area (TPSA) is 93.5 Å². The van der Waals surface area contributed by atoms with Crippen LogP contribution in [0.15, 0.2) is 28.8 Å². The van der Waals surface area contributed by atoms with Crippen LogP contribution in [0.4, 0.5) is 13.6 Å². The Morgan fingerprint density at radius 3 is 2.59 bits per heavy atom. The molecular formula is C20H25F2N3O4. The van der Waals surface area contributed by atoms with Gasteiger partial charge in [0.15, 0.2) is 11.7 Å². The molecule has 1 aromatic carbocycles. The molecule has 0 unspecified atom stereocenters. The van der Waals surface area contributed by atoms with Crippen molar-refractivity contribution in [1.82, 2.24) is 15.6 Å². The average molecular weight is 409 g/mol. The van der Waals surface area contributed by atoms with Crippen LogP contribution in [0.25, 0.3) is 11.3 Å². The second-order valence-electron chi connectivity index (χ2n) is 7.37. The van der Waals surface area contributed by atoms with Crippen LogP contribution in [0.1, 0.15) is 39.5 Å². The number of nitrogens with one attached hydrogen (secondary N) is 2. The van der Waals surface area contributed by atoms with Gasteiger partial charge in [0, 0.05) is 32.0 Å². The zero-order valence-electron chi connectivity index (χ0n) is 16.7. The van der Waals surface area contributed by atoms with E-state index in [4.69, 9.17) is 9.15 Å². The minimum absolute atomic E-state index is 0.104. The van der Waals surface area contributed by atoms with E-state index >= 15 is 0 Å². The summed E-state index contributed by atoms with van der Waals surface area (Å²) in [5.74, 6) is -1.17. The quantitative estimate of drug-likeness (QED) is 0.650. The molecule has 29 heavy (non-hydrogen) atoms. The molecule has 2 rings (SSSR count). The first-order chi connectivity index (χ1) is 13.6. The van der Waals surface area contributed by atoms with Gasteiger partial charge in [0.1, 0.15) is 17.2 Å². The average Bonchev–Trinajstić information content (AvgIpc) is 3.06. The highest BCUT2D eigenvalue weighted by Crippen LogP contribution is 2.24. The summed E-state index contributed by atoms with van der Waals surface area (Å²) in [5, 5.41) is 5.33. The highest BCUT2D eigenvalue weighted by Gasteiger charge is 2.15. The first kappa shape index (κ1) is 22.3. The van der Waals surface area contributed by atoms with Crippen LogP contribution >= 0.6 is 0 Å². The second kappa shape index (κ2) is 9.99. The van der Waals surface area contributed by atoms with Crippen molar-refractivity contribution in [2.75, 3.05) is 13.1 Å². The molecule has 0 spiro atoms. The van der Waals surface area contributed by atoms with E-state index in [-0.39, 0.29) is 36.0 Å². The molecule has 2 N–H and O–H groups in total. The fourth-order valence-corrected chi connectivity index (χ4v) is 2.37. The normalized spacial score (nSPS) is 11.2. The summed E-state index contributed by atoms with van der Waals surface area (Å²) in [7, 11) is 0. The Balaban J connectivity index is 1.67. The fraction of sp³-hybridized carbons (Fsp3) is 0.450.